The van der Waals surface area contributed by atoms with Crippen LogP contribution in [0.15, 0.2) is 65.8 Å². The van der Waals surface area contributed by atoms with Gasteiger partial charge in [-0.1, -0.05) is 36.4 Å². The molecule has 0 bridgehead atoms. The van der Waals surface area contributed by atoms with Crippen LogP contribution in [-0.4, -0.2) is 10.8 Å². The number of hydrogen-bond acceptors (Lipinski definition) is 3. The minimum absolute atomic E-state index is 0.272. The molecule has 0 heterocycles. The van der Waals surface area contributed by atoms with Gasteiger partial charge in [-0.25, -0.2) is 0 Å². The van der Waals surface area contributed by atoms with E-state index in [4.69, 9.17) is 0 Å². The summed E-state index contributed by atoms with van der Waals surface area (Å²) in [6.07, 6.45) is 3.87. The van der Waals surface area contributed by atoms with Gasteiger partial charge in [-0.2, -0.15) is 5.10 Å². The monoisotopic (exact) mass is 252 g/mol. The molecule has 2 N–H and O–H groups in total. The zero-order valence-electron chi connectivity index (χ0n) is 10.7. The molecule has 19 heavy (non-hydrogen) atoms. The number of nitrogens with one attached hydrogen (secondary N) is 1. The fourth-order valence-corrected chi connectivity index (χ4v) is 1.50. The topological polar surface area (TPSA) is 44.6 Å². The SMILES string of the molecule is CC(/C=C/c1ccc(O)cc1)=N\Nc1ccccc1. The largest absolute Gasteiger partial charge is 0.508 e. The van der Waals surface area contributed by atoms with Gasteiger partial charge in [0, 0.05) is 0 Å². The zero-order valence-corrected chi connectivity index (χ0v) is 10.7. The van der Waals surface area contributed by atoms with E-state index in [0.29, 0.717) is 0 Å². The van der Waals surface area contributed by atoms with Crippen LogP contribution < -0.4 is 5.43 Å². The van der Waals surface area contributed by atoms with Gasteiger partial charge in [0.1, 0.15) is 5.75 Å². The van der Waals surface area contributed by atoms with E-state index in [1.54, 1.807) is 12.1 Å². The molecular weight excluding hydrogens is 236 g/mol. The number of aromatic hydroxyl groups is 1. The minimum atomic E-state index is 0.272. The number of allylic oxidation sites excluding steroid dienone is 1. The number of benzene rings is 2. The van der Waals surface area contributed by atoms with Crippen molar-refractivity contribution in [2.75, 3.05) is 5.43 Å². The number of anilines is 1. The van der Waals surface area contributed by atoms with Gasteiger partial charge in [0.05, 0.1) is 11.4 Å². The van der Waals surface area contributed by atoms with Gasteiger partial charge in [-0.3, -0.25) is 5.43 Å². The van der Waals surface area contributed by atoms with E-state index >= 15 is 0 Å². The third-order valence-electron chi connectivity index (χ3n) is 2.55. The molecule has 2 rings (SSSR count). The van der Waals surface area contributed by atoms with Gasteiger partial charge in [-0.05, 0) is 42.8 Å². The maximum atomic E-state index is 9.19. The molecule has 0 aliphatic rings. The van der Waals surface area contributed by atoms with Crippen LogP contribution in [0.5, 0.6) is 5.75 Å². The summed E-state index contributed by atoms with van der Waals surface area (Å²) >= 11 is 0. The number of nitrogens with zero attached hydrogens (tertiary/aromatic N) is 1. The van der Waals surface area contributed by atoms with Crippen molar-refractivity contribution in [2.45, 2.75) is 6.92 Å². The van der Waals surface area contributed by atoms with E-state index in [1.807, 2.05) is 61.5 Å². The minimum Gasteiger partial charge on any atom is -0.508 e. The third kappa shape index (κ3) is 4.32. The van der Waals surface area contributed by atoms with Crippen LogP contribution in [0.25, 0.3) is 6.08 Å². The maximum absolute atomic E-state index is 9.19. The lowest BCUT2D eigenvalue weighted by Gasteiger charge is -2.00. The molecule has 0 amide bonds. The van der Waals surface area contributed by atoms with Crippen LogP contribution in [0.2, 0.25) is 0 Å². The Balaban J connectivity index is 1.96. The number of phenols is 1. The second-order valence-electron chi connectivity index (χ2n) is 4.16. The molecule has 0 aliphatic heterocycles. The summed E-state index contributed by atoms with van der Waals surface area (Å²) in [5.41, 5.74) is 5.84. The number of phenolic OH excluding ortho intramolecular Hbond substituents is 1. The quantitative estimate of drug-likeness (QED) is 0.640. The molecular formula is C16H16N2O. The normalized spacial score (nSPS) is 11.7. The lowest BCUT2D eigenvalue weighted by Crippen LogP contribution is -1.93. The highest BCUT2D eigenvalue weighted by atomic mass is 16.3. The van der Waals surface area contributed by atoms with Gasteiger partial charge >= 0.3 is 0 Å². The Kier molecular flexibility index (Phi) is 4.34. The third-order valence-corrected chi connectivity index (χ3v) is 2.55. The number of hydrazone groups is 1. The van der Waals surface area contributed by atoms with Crippen molar-refractivity contribution in [1.29, 1.82) is 0 Å². The van der Waals surface area contributed by atoms with Crippen LogP contribution in [0, 0.1) is 0 Å². The van der Waals surface area contributed by atoms with Crippen molar-refractivity contribution in [3.05, 3.63) is 66.2 Å². The maximum Gasteiger partial charge on any atom is 0.115 e. The second kappa shape index (κ2) is 6.40. The van der Waals surface area contributed by atoms with Crippen molar-refractivity contribution >= 4 is 17.5 Å². The zero-order chi connectivity index (χ0) is 13.5. The molecule has 2 aromatic carbocycles. The van der Waals surface area contributed by atoms with E-state index in [9.17, 15) is 5.11 Å². The van der Waals surface area contributed by atoms with Crippen LogP contribution in [0.3, 0.4) is 0 Å². The fraction of sp³-hybridized carbons (Fsp3) is 0.0625. The van der Waals surface area contributed by atoms with Crippen LogP contribution >= 0.6 is 0 Å². The summed E-state index contributed by atoms with van der Waals surface area (Å²) in [6, 6.07) is 16.8. The van der Waals surface area contributed by atoms with E-state index < -0.39 is 0 Å². The Labute approximate surface area is 112 Å². The lowest BCUT2D eigenvalue weighted by atomic mass is 10.2. The first kappa shape index (κ1) is 12.9. The second-order valence-corrected chi connectivity index (χ2v) is 4.16. The van der Waals surface area contributed by atoms with Crippen molar-refractivity contribution in [3.8, 4) is 5.75 Å². The molecule has 2 aromatic rings. The molecule has 0 unspecified atom stereocenters. The Morgan fingerprint density at radius 3 is 2.42 bits per heavy atom. The van der Waals surface area contributed by atoms with Gasteiger partial charge in [0.15, 0.2) is 0 Å². The van der Waals surface area contributed by atoms with Crippen LogP contribution in [-0.2, 0) is 0 Å². The summed E-state index contributed by atoms with van der Waals surface area (Å²) in [5.74, 6) is 0.272. The molecule has 0 aromatic heterocycles. The molecule has 0 atom stereocenters. The van der Waals surface area contributed by atoms with Gasteiger partial charge < -0.3 is 5.11 Å². The van der Waals surface area contributed by atoms with Crippen molar-refractivity contribution in [2.24, 2.45) is 5.10 Å². The first-order valence-electron chi connectivity index (χ1n) is 6.06. The van der Waals surface area contributed by atoms with Crippen molar-refractivity contribution in [1.82, 2.24) is 0 Å². The Hall–Kier alpha value is -2.55. The molecule has 0 aliphatic carbocycles. The van der Waals surface area contributed by atoms with Gasteiger partial charge in [-0.15, -0.1) is 0 Å². The summed E-state index contributed by atoms with van der Waals surface area (Å²) in [6.45, 7) is 1.92. The Morgan fingerprint density at radius 1 is 1.05 bits per heavy atom. The first-order valence-corrected chi connectivity index (χ1v) is 6.06. The molecule has 0 radical (unpaired) electrons. The molecule has 3 heteroatoms. The molecule has 3 nitrogen and oxygen atoms in total. The Morgan fingerprint density at radius 2 is 1.74 bits per heavy atom. The molecule has 0 fully saturated rings. The molecule has 0 saturated heterocycles. The predicted octanol–water partition coefficient (Wildman–Crippen LogP) is 3.89. The highest BCUT2D eigenvalue weighted by molar-refractivity contribution is 5.96. The van der Waals surface area contributed by atoms with E-state index in [2.05, 4.69) is 10.5 Å². The number of para-hydroxylation sites is 1. The van der Waals surface area contributed by atoms with Gasteiger partial charge in [0.2, 0.25) is 0 Å². The number of rotatable bonds is 4. The van der Waals surface area contributed by atoms with Crippen LogP contribution in [0.1, 0.15) is 12.5 Å². The highest BCUT2D eigenvalue weighted by Crippen LogP contribution is 2.11. The van der Waals surface area contributed by atoms with E-state index in [1.165, 1.54) is 0 Å². The fourth-order valence-electron chi connectivity index (χ4n) is 1.50. The summed E-state index contributed by atoms with van der Waals surface area (Å²) in [5, 5.41) is 13.4. The summed E-state index contributed by atoms with van der Waals surface area (Å²) in [7, 11) is 0. The molecule has 0 spiro atoms. The van der Waals surface area contributed by atoms with Gasteiger partial charge in [0.25, 0.3) is 0 Å². The highest BCUT2D eigenvalue weighted by Gasteiger charge is 1.90. The first-order chi connectivity index (χ1) is 9.24. The van der Waals surface area contributed by atoms with Crippen molar-refractivity contribution in [3.63, 3.8) is 0 Å². The molecule has 96 valence electrons. The van der Waals surface area contributed by atoms with Crippen molar-refractivity contribution < 1.29 is 5.11 Å². The van der Waals surface area contributed by atoms with E-state index in [0.717, 1.165) is 17.0 Å². The number of hydrogen-bond donors (Lipinski definition) is 2. The predicted molar refractivity (Wildman–Crippen MR) is 80.3 cm³/mol. The lowest BCUT2D eigenvalue weighted by molar-refractivity contribution is 0.475. The van der Waals surface area contributed by atoms with E-state index in [-0.39, 0.29) is 5.75 Å². The standard InChI is InChI=1S/C16H16N2O/c1-13(17-18-15-5-3-2-4-6-15)7-8-14-9-11-16(19)12-10-14/h2-12,18-19H,1H3/b8-7+,17-13+. The van der Waals surface area contributed by atoms with Crippen LogP contribution in [0.4, 0.5) is 5.69 Å². The average molecular weight is 252 g/mol. The summed E-state index contributed by atoms with van der Waals surface area (Å²) in [4.78, 5) is 0. The Bertz CT molecular complexity index is 571. The molecule has 0 saturated carbocycles. The average Bonchev–Trinajstić information content (AvgIpc) is 2.45. The smallest absolute Gasteiger partial charge is 0.115 e. The summed E-state index contributed by atoms with van der Waals surface area (Å²) < 4.78 is 0.